The van der Waals surface area contributed by atoms with E-state index in [0.717, 1.165) is 11.5 Å². The van der Waals surface area contributed by atoms with E-state index >= 15 is 0 Å². The number of halogens is 3. The molecule has 1 aliphatic rings. The summed E-state index contributed by atoms with van der Waals surface area (Å²) in [5.74, 6) is 1.40. The van der Waals surface area contributed by atoms with Crippen LogP contribution in [0, 0.1) is 0 Å². The number of carbonyl (C=O) groups is 1. The minimum Gasteiger partial charge on any atom is -0.340 e. The Morgan fingerprint density at radius 3 is 2.43 bits per heavy atom. The molecule has 0 aromatic heterocycles. The van der Waals surface area contributed by atoms with E-state index in [1.165, 1.54) is 12.1 Å². The molecule has 0 aliphatic carbocycles. The van der Waals surface area contributed by atoms with Gasteiger partial charge in [-0.2, -0.15) is 24.9 Å². The highest BCUT2D eigenvalue weighted by Crippen LogP contribution is 2.32. The number of alkyl halides is 3. The van der Waals surface area contributed by atoms with E-state index in [0.29, 0.717) is 13.1 Å². The molecule has 1 aromatic rings. The van der Waals surface area contributed by atoms with Gasteiger partial charge in [0.25, 0.3) is 0 Å². The highest BCUT2D eigenvalue weighted by molar-refractivity contribution is 7.99. The fourth-order valence-corrected chi connectivity index (χ4v) is 3.09. The lowest BCUT2D eigenvalue weighted by molar-refractivity contribution is -0.159. The van der Waals surface area contributed by atoms with Gasteiger partial charge in [-0.05, 0) is 5.56 Å². The van der Waals surface area contributed by atoms with Crippen LogP contribution in [0.15, 0.2) is 30.3 Å². The Balaban J connectivity index is 1.98. The SMILES string of the molecule is O=C(CN[C@H](c1ccccc1)C(F)(F)F)N1CCSCC1. The Kier molecular flexibility index (Phi) is 5.52. The Morgan fingerprint density at radius 2 is 1.86 bits per heavy atom. The van der Waals surface area contributed by atoms with Crippen molar-refractivity contribution in [3.8, 4) is 0 Å². The highest BCUT2D eigenvalue weighted by atomic mass is 32.2. The first-order chi connectivity index (χ1) is 9.98. The number of rotatable bonds is 4. The number of nitrogens with zero attached hydrogens (tertiary/aromatic N) is 1. The Hall–Kier alpha value is -1.21. The van der Waals surface area contributed by atoms with Crippen LogP contribution in [0.5, 0.6) is 0 Å². The zero-order chi connectivity index (χ0) is 15.3. The van der Waals surface area contributed by atoms with Gasteiger partial charge in [-0.1, -0.05) is 30.3 Å². The molecule has 1 aromatic carbocycles. The van der Waals surface area contributed by atoms with Gasteiger partial charge in [0.05, 0.1) is 6.54 Å². The summed E-state index contributed by atoms with van der Waals surface area (Å²) in [7, 11) is 0. The van der Waals surface area contributed by atoms with Gasteiger partial charge in [-0.15, -0.1) is 0 Å². The van der Waals surface area contributed by atoms with Crippen molar-refractivity contribution >= 4 is 17.7 Å². The summed E-state index contributed by atoms with van der Waals surface area (Å²) in [6.45, 7) is 0.907. The van der Waals surface area contributed by atoms with Crippen LogP contribution < -0.4 is 5.32 Å². The number of amides is 1. The number of thioether (sulfide) groups is 1. The normalized spacial score (nSPS) is 17.6. The average molecular weight is 318 g/mol. The van der Waals surface area contributed by atoms with E-state index in [4.69, 9.17) is 0 Å². The molecule has 1 heterocycles. The van der Waals surface area contributed by atoms with Gasteiger partial charge in [0.1, 0.15) is 6.04 Å². The van der Waals surface area contributed by atoms with Gasteiger partial charge in [0, 0.05) is 24.6 Å². The molecule has 0 unspecified atom stereocenters. The third-order valence-corrected chi connectivity index (χ3v) is 4.22. The van der Waals surface area contributed by atoms with Gasteiger partial charge in [-0.25, -0.2) is 0 Å². The van der Waals surface area contributed by atoms with Crippen molar-refractivity contribution in [3.63, 3.8) is 0 Å². The van der Waals surface area contributed by atoms with E-state index in [9.17, 15) is 18.0 Å². The summed E-state index contributed by atoms with van der Waals surface area (Å²) in [6, 6.07) is 5.77. The van der Waals surface area contributed by atoms with Gasteiger partial charge >= 0.3 is 6.18 Å². The third kappa shape index (κ3) is 4.64. The summed E-state index contributed by atoms with van der Waals surface area (Å²) < 4.78 is 39.3. The molecule has 21 heavy (non-hydrogen) atoms. The molecule has 3 nitrogen and oxygen atoms in total. The van der Waals surface area contributed by atoms with Gasteiger partial charge in [0.15, 0.2) is 0 Å². The van der Waals surface area contributed by atoms with Crippen molar-refractivity contribution in [2.24, 2.45) is 0 Å². The third-order valence-electron chi connectivity index (χ3n) is 3.28. The molecule has 1 N–H and O–H groups in total. The molecule has 2 rings (SSSR count). The minimum absolute atomic E-state index is 0.118. The van der Waals surface area contributed by atoms with Crippen LogP contribution in [0.3, 0.4) is 0 Å². The Morgan fingerprint density at radius 1 is 1.24 bits per heavy atom. The van der Waals surface area contributed by atoms with Crippen molar-refractivity contribution in [1.82, 2.24) is 10.2 Å². The maximum atomic E-state index is 13.1. The first-order valence-electron chi connectivity index (χ1n) is 6.69. The molecule has 1 amide bonds. The smallest absolute Gasteiger partial charge is 0.340 e. The van der Waals surface area contributed by atoms with Gasteiger partial charge < -0.3 is 4.90 Å². The zero-order valence-corrected chi connectivity index (χ0v) is 12.2. The van der Waals surface area contributed by atoms with E-state index in [1.54, 1.807) is 34.9 Å². The lowest BCUT2D eigenvalue weighted by atomic mass is 10.1. The highest BCUT2D eigenvalue weighted by Gasteiger charge is 2.40. The van der Waals surface area contributed by atoms with Crippen LogP contribution in [-0.4, -0.2) is 48.1 Å². The molecule has 0 saturated carbocycles. The molecule has 7 heteroatoms. The summed E-state index contributed by atoms with van der Waals surface area (Å²) in [5.41, 5.74) is 0.118. The second kappa shape index (κ2) is 7.17. The van der Waals surface area contributed by atoms with Crippen LogP contribution in [0.1, 0.15) is 11.6 Å². The monoisotopic (exact) mass is 318 g/mol. The predicted molar refractivity (Wildman–Crippen MR) is 77.1 cm³/mol. The number of hydrogen-bond acceptors (Lipinski definition) is 3. The van der Waals surface area contributed by atoms with Crippen LogP contribution in [0.4, 0.5) is 13.2 Å². The predicted octanol–water partition coefficient (Wildman–Crippen LogP) is 2.46. The summed E-state index contributed by atoms with van der Waals surface area (Å²) in [4.78, 5) is 13.6. The van der Waals surface area contributed by atoms with E-state index in [2.05, 4.69) is 5.32 Å². The van der Waals surface area contributed by atoms with Crippen molar-refractivity contribution in [3.05, 3.63) is 35.9 Å². The fraction of sp³-hybridized carbons (Fsp3) is 0.500. The second-order valence-corrected chi connectivity index (χ2v) is 5.98. The van der Waals surface area contributed by atoms with E-state index < -0.39 is 12.2 Å². The molecule has 0 bridgehead atoms. The van der Waals surface area contributed by atoms with Gasteiger partial charge in [-0.3, -0.25) is 10.1 Å². The molecule has 0 radical (unpaired) electrons. The van der Waals surface area contributed by atoms with Crippen molar-refractivity contribution < 1.29 is 18.0 Å². The zero-order valence-electron chi connectivity index (χ0n) is 11.4. The molecule has 1 aliphatic heterocycles. The maximum Gasteiger partial charge on any atom is 0.407 e. The maximum absolute atomic E-state index is 13.1. The summed E-state index contributed by atoms with van der Waals surface area (Å²) in [6.07, 6.45) is -4.43. The van der Waals surface area contributed by atoms with Crippen molar-refractivity contribution in [2.45, 2.75) is 12.2 Å². The van der Waals surface area contributed by atoms with Crippen molar-refractivity contribution in [1.29, 1.82) is 0 Å². The quantitative estimate of drug-likeness (QED) is 0.925. The molecule has 0 spiro atoms. The van der Waals surface area contributed by atoms with Crippen LogP contribution in [0.2, 0.25) is 0 Å². The van der Waals surface area contributed by atoms with Crippen LogP contribution in [-0.2, 0) is 4.79 Å². The average Bonchev–Trinajstić information content (AvgIpc) is 2.48. The first kappa shape index (κ1) is 16.2. The van der Waals surface area contributed by atoms with Crippen LogP contribution >= 0.6 is 11.8 Å². The first-order valence-corrected chi connectivity index (χ1v) is 7.84. The molecule has 1 atom stereocenters. The number of benzene rings is 1. The summed E-state index contributed by atoms with van der Waals surface area (Å²) >= 11 is 1.75. The van der Waals surface area contributed by atoms with Crippen molar-refractivity contribution in [2.75, 3.05) is 31.1 Å². The fourth-order valence-electron chi connectivity index (χ4n) is 2.18. The number of nitrogens with one attached hydrogen (secondary N) is 1. The molecular formula is C14H17F3N2OS. The number of hydrogen-bond donors (Lipinski definition) is 1. The molecule has 116 valence electrons. The van der Waals surface area contributed by atoms with E-state index in [-0.39, 0.29) is 18.0 Å². The number of carbonyl (C=O) groups excluding carboxylic acids is 1. The molecular weight excluding hydrogens is 301 g/mol. The lowest BCUT2D eigenvalue weighted by Crippen LogP contribution is -2.45. The minimum atomic E-state index is -4.43. The van der Waals surface area contributed by atoms with Crippen LogP contribution in [0.25, 0.3) is 0 Å². The van der Waals surface area contributed by atoms with Gasteiger partial charge in [0.2, 0.25) is 5.91 Å². The van der Waals surface area contributed by atoms with E-state index in [1.807, 2.05) is 0 Å². The largest absolute Gasteiger partial charge is 0.407 e. The molecule has 1 fully saturated rings. The Bertz CT molecular complexity index is 461. The second-order valence-electron chi connectivity index (χ2n) is 4.76. The Labute approximate surface area is 125 Å². The topological polar surface area (TPSA) is 32.3 Å². The summed E-state index contributed by atoms with van der Waals surface area (Å²) in [5, 5.41) is 2.35. The standard InChI is InChI=1S/C14H17F3N2OS/c15-14(16,17)13(11-4-2-1-3-5-11)18-10-12(20)19-6-8-21-9-7-19/h1-5,13,18H,6-10H2/t13-/m1/s1. The molecule has 1 saturated heterocycles. The lowest BCUT2D eigenvalue weighted by Gasteiger charge is -2.28.